The van der Waals surface area contributed by atoms with Gasteiger partial charge >= 0.3 is 0 Å². The molecule has 146 valence electrons. The minimum Gasteiger partial charge on any atom is -0.493 e. The fraction of sp³-hybridized carbons (Fsp3) is 0.435. The maximum atomic E-state index is 12.5. The van der Waals surface area contributed by atoms with E-state index >= 15 is 0 Å². The fourth-order valence-electron chi connectivity index (χ4n) is 2.85. The minimum atomic E-state index is -0.0729. The quantitative estimate of drug-likeness (QED) is 0.703. The molecular weight excluding hydrogens is 338 g/mol. The van der Waals surface area contributed by atoms with Crippen molar-refractivity contribution in [3.63, 3.8) is 0 Å². The number of carbonyl (C=O) groups is 1. The molecule has 0 saturated carbocycles. The second-order valence-corrected chi connectivity index (χ2v) is 7.03. The van der Waals surface area contributed by atoms with E-state index in [0.29, 0.717) is 18.8 Å². The molecule has 0 spiro atoms. The van der Waals surface area contributed by atoms with Crippen LogP contribution in [0.15, 0.2) is 30.3 Å². The molecule has 1 atom stereocenters. The molecule has 2 aromatic rings. The van der Waals surface area contributed by atoms with Crippen molar-refractivity contribution in [3.8, 4) is 11.5 Å². The minimum absolute atomic E-state index is 0.0729. The zero-order valence-electron chi connectivity index (χ0n) is 17.3. The molecule has 0 aromatic heterocycles. The van der Waals surface area contributed by atoms with Crippen molar-refractivity contribution in [2.24, 2.45) is 0 Å². The lowest BCUT2D eigenvalue weighted by molar-refractivity contribution is 0.0939. The van der Waals surface area contributed by atoms with Crippen LogP contribution in [0.2, 0.25) is 0 Å². The third-order valence-corrected chi connectivity index (χ3v) is 4.76. The smallest absolute Gasteiger partial charge is 0.251 e. The molecule has 27 heavy (non-hydrogen) atoms. The molecule has 4 nitrogen and oxygen atoms in total. The molecule has 1 N–H and O–H groups in total. The summed E-state index contributed by atoms with van der Waals surface area (Å²) in [5, 5.41) is 3.00. The van der Waals surface area contributed by atoms with E-state index in [-0.39, 0.29) is 11.9 Å². The van der Waals surface area contributed by atoms with Crippen molar-refractivity contribution in [1.29, 1.82) is 0 Å². The van der Waals surface area contributed by atoms with Crippen molar-refractivity contribution < 1.29 is 14.3 Å². The molecule has 1 amide bonds. The van der Waals surface area contributed by atoms with Gasteiger partial charge in [0.05, 0.1) is 6.61 Å². The van der Waals surface area contributed by atoms with Crippen LogP contribution in [0.3, 0.4) is 0 Å². The standard InChI is InChI=1S/C23H31NO3/c1-7-17(5)24-23(25)19-9-10-21(26-8-2)20(13-19)14-27-22-12-15(3)11-16(4)18(22)6/h9-13,17H,7-8,14H2,1-6H3,(H,24,25)/t17-/m0/s1. The number of hydrogen-bond donors (Lipinski definition) is 1. The molecular formula is C23H31NO3. The van der Waals surface area contributed by atoms with E-state index in [9.17, 15) is 4.79 Å². The van der Waals surface area contributed by atoms with Crippen LogP contribution in [0.1, 0.15) is 59.8 Å². The van der Waals surface area contributed by atoms with Gasteiger partial charge in [-0.25, -0.2) is 0 Å². The van der Waals surface area contributed by atoms with Crippen molar-refractivity contribution in [3.05, 3.63) is 58.1 Å². The van der Waals surface area contributed by atoms with Gasteiger partial charge in [-0.15, -0.1) is 0 Å². The van der Waals surface area contributed by atoms with Crippen molar-refractivity contribution >= 4 is 5.91 Å². The van der Waals surface area contributed by atoms with Crippen LogP contribution in [0.25, 0.3) is 0 Å². The molecule has 0 aliphatic carbocycles. The molecule has 0 saturated heterocycles. The molecule has 4 heteroatoms. The van der Waals surface area contributed by atoms with Gasteiger partial charge in [-0.3, -0.25) is 4.79 Å². The zero-order chi connectivity index (χ0) is 20.0. The highest BCUT2D eigenvalue weighted by Gasteiger charge is 2.13. The number of amides is 1. The highest BCUT2D eigenvalue weighted by Crippen LogP contribution is 2.27. The van der Waals surface area contributed by atoms with E-state index in [1.165, 1.54) is 11.1 Å². The molecule has 0 fully saturated rings. The van der Waals surface area contributed by atoms with Gasteiger partial charge in [0.2, 0.25) is 0 Å². The van der Waals surface area contributed by atoms with E-state index in [1.807, 2.05) is 32.0 Å². The van der Waals surface area contributed by atoms with Gasteiger partial charge in [-0.05, 0) is 82.0 Å². The Labute approximate surface area is 162 Å². The van der Waals surface area contributed by atoms with E-state index in [1.54, 1.807) is 6.07 Å². The number of benzene rings is 2. The predicted molar refractivity (Wildman–Crippen MR) is 110 cm³/mol. The van der Waals surface area contributed by atoms with Gasteiger partial charge in [0.25, 0.3) is 5.91 Å². The summed E-state index contributed by atoms with van der Waals surface area (Å²) in [7, 11) is 0. The summed E-state index contributed by atoms with van der Waals surface area (Å²) in [5.74, 6) is 1.54. The first kappa shape index (κ1) is 20.8. The average Bonchev–Trinajstić information content (AvgIpc) is 2.64. The molecule has 0 radical (unpaired) electrons. The lowest BCUT2D eigenvalue weighted by Gasteiger charge is -2.16. The summed E-state index contributed by atoms with van der Waals surface area (Å²) >= 11 is 0. The first-order chi connectivity index (χ1) is 12.8. The molecule has 0 aliphatic heterocycles. The highest BCUT2D eigenvalue weighted by molar-refractivity contribution is 5.94. The Balaban J connectivity index is 2.25. The summed E-state index contributed by atoms with van der Waals surface area (Å²) in [6, 6.07) is 9.84. The predicted octanol–water partition coefficient (Wildman–Crippen LogP) is 5.12. The summed E-state index contributed by atoms with van der Waals surface area (Å²) in [6.45, 7) is 13.1. The maximum absolute atomic E-state index is 12.5. The molecule has 0 bridgehead atoms. The number of hydrogen-bond acceptors (Lipinski definition) is 3. The lowest BCUT2D eigenvalue weighted by Crippen LogP contribution is -2.32. The number of nitrogens with one attached hydrogen (secondary N) is 1. The Morgan fingerprint density at radius 2 is 1.78 bits per heavy atom. The zero-order valence-corrected chi connectivity index (χ0v) is 17.3. The Bertz CT molecular complexity index is 798. The van der Waals surface area contributed by atoms with E-state index in [2.05, 4.69) is 39.1 Å². The Hall–Kier alpha value is -2.49. The number of carbonyl (C=O) groups excluding carboxylic acids is 1. The molecule has 2 rings (SSSR count). The van der Waals surface area contributed by atoms with Gasteiger partial charge in [-0.2, -0.15) is 0 Å². The van der Waals surface area contributed by atoms with Crippen LogP contribution in [-0.4, -0.2) is 18.6 Å². The van der Waals surface area contributed by atoms with Crippen LogP contribution in [-0.2, 0) is 6.61 Å². The fourth-order valence-corrected chi connectivity index (χ4v) is 2.85. The van der Waals surface area contributed by atoms with Crippen molar-refractivity contribution in [2.75, 3.05) is 6.61 Å². The van der Waals surface area contributed by atoms with Gasteiger partial charge in [-0.1, -0.05) is 13.0 Å². The summed E-state index contributed by atoms with van der Waals surface area (Å²) < 4.78 is 11.8. The number of ether oxygens (including phenoxy) is 2. The highest BCUT2D eigenvalue weighted by atomic mass is 16.5. The van der Waals surface area contributed by atoms with E-state index in [0.717, 1.165) is 29.0 Å². The van der Waals surface area contributed by atoms with Crippen LogP contribution in [0.5, 0.6) is 11.5 Å². The van der Waals surface area contributed by atoms with Crippen LogP contribution in [0, 0.1) is 20.8 Å². The van der Waals surface area contributed by atoms with E-state index < -0.39 is 0 Å². The molecule has 0 aliphatic rings. The largest absolute Gasteiger partial charge is 0.493 e. The van der Waals surface area contributed by atoms with Crippen molar-refractivity contribution in [1.82, 2.24) is 5.32 Å². The van der Waals surface area contributed by atoms with Gasteiger partial charge in [0.15, 0.2) is 0 Å². The lowest BCUT2D eigenvalue weighted by atomic mass is 10.1. The molecule has 0 unspecified atom stereocenters. The average molecular weight is 370 g/mol. The maximum Gasteiger partial charge on any atom is 0.251 e. The Kier molecular flexibility index (Phi) is 7.28. The summed E-state index contributed by atoms with van der Waals surface area (Å²) in [4.78, 5) is 12.5. The van der Waals surface area contributed by atoms with Crippen LogP contribution in [0.4, 0.5) is 0 Å². The third kappa shape index (κ3) is 5.49. The summed E-state index contributed by atoms with van der Waals surface area (Å²) in [5.41, 5.74) is 4.99. The second kappa shape index (κ2) is 9.45. The normalized spacial score (nSPS) is 11.8. The first-order valence-corrected chi connectivity index (χ1v) is 9.62. The SMILES string of the molecule is CCOc1ccc(C(=O)N[C@@H](C)CC)cc1COc1cc(C)cc(C)c1C. The Morgan fingerprint density at radius 3 is 2.44 bits per heavy atom. The van der Waals surface area contributed by atoms with E-state index in [4.69, 9.17) is 9.47 Å². The van der Waals surface area contributed by atoms with Gasteiger partial charge in [0.1, 0.15) is 18.1 Å². The van der Waals surface area contributed by atoms with Gasteiger partial charge < -0.3 is 14.8 Å². The molecule has 2 aromatic carbocycles. The second-order valence-electron chi connectivity index (χ2n) is 7.03. The summed E-state index contributed by atoms with van der Waals surface area (Å²) in [6.07, 6.45) is 0.894. The monoisotopic (exact) mass is 369 g/mol. The molecule has 0 heterocycles. The van der Waals surface area contributed by atoms with Crippen molar-refractivity contribution in [2.45, 2.75) is 60.6 Å². The topological polar surface area (TPSA) is 47.6 Å². The number of aryl methyl sites for hydroxylation is 2. The number of rotatable bonds is 8. The van der Waals surface area contributed by atoms with Crippen LogP contribution >= 0.6 is 0 Å². The first-order valence-electron chi connectivity index (χ1n) is 9.62. The van der Waals surface area contributed by atoms with Gasteiger partial charge in [0, 0.05) is 17.2 Å². The third-order valence-electron chi connectivity index (χ3n) is 4.76. The Morgan fingerprint density at radius 1 is 1.04 bits per heavy atom. The van der Waals surface area contributed by atoms with Crippen LogP contribution < -0.4 is 14.8 Å².